The van der Waals surface area contributed by atoms with Gasteiger partial charge in [0.25, 0.3) is 5.56 Å². The van der Waals surface area contributed by atoms with E-state index in [0.29, 0.717) is 23.9 Å². The van der Waals surface area contributed by atoms with Gasteiger partial charge in [0, 0.05) is 11.5 Å². The first-order valence-electron chi connectivity index (χ1n) is 8.98. The van der Waals surface area contributed by atoms with Crippen molar-refractivity contribution in [1.82, 2.24) is 9.97 Å². The molecule has 25 heavy (non-hydrogen) atoms. The first-order chi connectivity index (χ1) is 12.1. The number of para-hydroxylation sites is 1. The van der Waals surface area contributed by atoms with Crippen LogP contribution < -0.4 is 10.9 Å². The Morgan fingerprint density at radius 3 is 2.48 bits per heavy atom. The van der Waals surface area contributed by atoms with E-state index in [4.69, 9.17) is 0 Å². The molecule has 2 aromatic carbocycles. The summed E-state index contributed by atoms with van der Waals surface area (Å²) >= 11 is 0. The standard InChI is InChI=1S/C21H25N3O/c1-4-15-9-11-16(12-10-15)20(14(2)3)22-13-19-23-18-8-6-5-7-17(18)21(25)24-19/h5-12,14,20,22H,4,13H2,1-3H3,(H,23,24,25)/p+1/t20-/m0/s1. The van der Waals surface area contributed by atoms with Crippen LogP contribution in [-0.2, 0) is 13.0 Å². The quantitative estimate of drug-likeness (QED) is 0.727. The number of nitrogens with zero attached hydrogens (tertiary/aromatic N) is 1. The van der Waals surface area contributed by atoms with Gasteiger partial charge in [-0.25, -0.2) is 4.98 Å². The molecule has 0 radical (unpaired) electrons. The third-order valence-electron chi connectivity index (χ3n) is 4.72. The highest BCUT2D eigenvalue weighted by molar-refractivity contribution is 5.77. The van der Waals surface area contributed by atoms with E-state index >= 15 is 0 Å². The number of fused-ring (bicyclic) bond motifs is 1. The number of aromatic amines is 1. The van der Waals surface area contributed by atoms with Gasteiger partial charge >= 0.3 is 0 Å². The molecule has 0 aliphatic heterocycles. The number of nitrogens with two attached hydrogens (primary N) is 1. The zero-order valence-electron chi connectivity index (χ0n) is 15.1. The predicted molar refractivity (Wildman–Crippen MR) is 101 cm³/mol. The topological polar surface area (TPSA) is 62.4 Å². The molecule has 0 saturated carbocycles. The van der Waals surface area contributed by atoms with Crippen LogP contribution in [0.15, 0.2) is 53.3 Å². The average Bonchev–Trinajstić information content (AvgIpc) is 2.62. The normalized spacial score (nSPS) is 12.6. The first kappa shape index (κ1) is 17.4. The zero-order valence-corrected chi connectivity index (χ0v) is 15.1. The molecular weight excluding hydrogens is 310 g/mol. The molecule has 0 unspecified atom stereocenters. The van der Waals surface area contributed by atoms with Gasteiger partial charge in [-0.2, -0.15) is 0 Å². The van der Waals surface area contributed by atoms with E-state index in [1.807, 2.05) is 18.2 Å². The minimum Gasteiger partial charge on any atom is -0.334 e. The van der Waals surface area contributed by atoms with Gasteiger partial charge in [0.05, 0.1) is 10.9 Å². The molecule has 0 saturated heterocycles. The molecule has 4 nitrogen and oxygen atoms in total. The first-order valence-corrected chi connectivity index (χ1v) is 8.98. The zero-order chi connectivity index (χ0) is 17.8. The molecule has 0 aliphatic carbocycles. The van der Waals surface area contributed by atoms with Gasteiger partial charge in [0.2, 0.25) is 0 Å². The summed E-state index contributed by atoms with van der Waals surface area (Å²) in [5.41, 5.74) is 3.35. The number of hydrogen-bond acceptors (Lipinski definition) is 2. The monoisotopic (exact) mass is 336 g/mol. The van der Waals surface area contributed by atoms with Crippen LogP contribution in [0.25, 0.3) is 10.9 Å². The van der Waals surface area contributed by atoms with Crippen molar-refractivity contribution < 1.29 is 5.32 Å². The summed E-state index contributed by atoms with van der Waals surface area (Å²) in [7, 11) is 0. The lowest BCUT2D eigenvalue weighted by Crippen LogP contribution is -2.85. The fourth-order valence-electron chi connectivity index (χ4n) is 3.24. The highest BCUT2D eigenvalue weighted by Crippen LogP contribution is 2.18. The third kappa shape index (κ3) is 3.97. The van der Waals surface area contributed by atoms with Crippen molar-refractivity contribution in [2.75, 3.05) is 0 Å². The molecular formula is C21H26N3O+. The van der Waals surface area contributed by atoms with Gasteiger partial charge in [-0.05, 0) is 24.1 Å². The number of hydrogen-bond donors (Lipinski definition) is 2. The largest absolute Gasteiger partial charge is 0.334 e. The highest BCUT2D eigenvalue weighted by Gasteiger charge is 2.19. The predicted octanol–water partition coefficient (Wildman–Crippen LogP) is 2.95. The van der Waals surface area contributed by atoms with E-state index in [1.165, 1.54) is 11.1 Å². The van der Waals surface area contributed by atoms with Crippen molar-refractivity contribution >= 4 is 10.9 Å². The average molecular weight is 336 g/mol. The second-order valence-electron chi connectivity index (χ2n) is 6.83. The maximum absolute atomic E-state index is 12.2. The van der Waals surface area contributed by atoms with Gasteiger partial charge in [0.15, 0.2) is 5.82 Å². The van der Waals surface area contributed by atoms with Gasteiger partial charge in [-0.3, -0.25) is 4.79 Å². The SMILES string of the molecule is CCc1ccc([C@@H]([NH2+]Cc2nc3ccccc3c(=O)[nH]2)C(C)C)cc1. The van der Waals surface area contributed by atoms with E-state index in [0.717, 1.165) is 17.8 Å². The van der Waals surface area contributed by atoms with Crippen molar-refractivity contribution in [2.24, 2.45) is 5.92 Å². The van der Waals surface area contributed by atoms with E-state index < -0.39 is 0 Å². The summed E-state index contributed by atoms with van der Waals surface area (Å²) in [6.45, 7) is 7.28. The number of benzene rings is 2. The molecule has 3 aromatic rings. The number of nitrogens with one attached hydrogen (secondary N) is 1. The molecule has 0 bridgehead atoms. The maximum atomic E-state index is 12.2. The maximum Gasteiger partial charge on any atom is 0.258 e. The van der Waals surface area contributed by atoms with Gasteiger partial charge < -0.3 is 10.3 Å². The van der Waals surface area contributed by atoms with Crippen molar-refractivity contribution in [3.8, 4) is 0 Å². The van der Waals surface area contributed by atoms with Gasteiger partial charge in [-0.1, -0.05) is 57.2 Å². The van der Waals surface area contributed by atoms with E-state index in [-0.39, 0.29) is 5.56 Å². The Labute approximate surface area is 148 Å². The Balaban J connectivity index is 1.80. The number of aryl methyl sites for hydroxylation is 1. The van der Waals surface area contributed by atoms with Gasteiger partial charge in [-0.15, -0.1) is 0 Å². The van der Waals surface area contributed by atoms with Crippen LogP contribution in [0, 0.1) is 5.92 Å². The Bertz CT molecular complexity index is 897. The fraction of sp³-hybridized carbons (Fsp3) is 0.333. The van der Waals surface area contributed by atoms with Crippen LogP contribution >= 0.6 is 0 Å². The van der Waals surface area contributed by atoms with Gasteiger partial charge in [0.1, 0.15) is 12.6 Å². The molecule has 0 amide bonds. The summed E-state index contributed by atoms with van der Waals surface area (Å²) in [6.07, 6.45) is 1.05. The Morgan fingerprint density at radius 1 is 1.08 bits per heavy atom. The Kier molecular flexibility index (Phi) is 5.29. The minimum absolute atomic E-state index is 0.0672. The van der Waals surface area contributed by atoms with E-state index in [9.17, 15) is 4.79 Å². The Morgan fingerprint density at radius 2 is 1.80 bits per heavy atom. The molecule has 1 atom stereocenters. The minimum atomic E-state index is -0.0672. The van der Waals surface area contributed by atoms with Crippen molar-refractivity contribution in [3.05, 3.63) is 75.8 Å². The highest BCUT2D eigenvalue weighted by atomic mass is 16.1. The summed E-state index contributed by atoms with van der Waals surface area (Å²) < 4.78 is 0. The fourth-order valence-corrected chi connectivity index (χ4v) is 3.24. The lowest BCUT2D eigenvalue weighted by molar-refractivity contribution is -0.718. The molecule has 3 rings (SSSR count). The molecule has 1 aromatic heterocycles. The molecule has 1 heterocycles. The van der Waals surface area contributed by atoms with Crippen LogP contribution in [0.3, 0.4) is 0 Å². The summed E-state index contributed by atoms with van der Waals surface area (Å²) in [5.74, 6) is 1.21. The molecule has 0 spiro atoms. The van der Waals surface area contributed by atoms with Crippen LogP contribution in [-0.4, -0.2) is 9.97 Å². The molecule has 4 heteroatoms. The van der Waals surface area contributed by atoms with Crippen LogP contribution in [0.1, 0.15) is 43.8 Å². The van der Waals surface area contributed by atoms with Crippen LogP contribution in [0.5, 0.6) is 0 Å². The summed E-state index contributed by atoms with van der Waals surface area (Å²) in [6, 6.07) is 16.6. The second-order valence-corrected chi connectivity index (χ2v) is 6.83. The third-order valence-corrected chi connectivity index (χ3v) is 4.72. The molecule has 3 N–H and O–H groups in total. The summed E-state index contributed by atoms with van der Waals surface area (Å²) in [5, 5.41) is 2.90. The number of H-pyrrole nitrogens is 1. The van der Waals surface area contributed by atoms with Crippen molar-refractivity contribution in [1.29, 1.82) is 0 Å². The van der Waals surface area contributed by atoms with Crippen LogP contribution in [0.4, 0.5) is 0 Å². The second kappa shape index (κ2) is 7.62. The number of aromatic nitrogens is 2. The number of quaternary nitrogens is 1. The van der Waals surface area contributed by atoms with Crippen molar-refractivity contribution in [2.45, 2.75) is 39.8 Å². The molecule has 0 aliphatic rings. The summed E-state index contributed by atoms with van der Waals surface area (Å²) in [4.78, 5) is 19.7. The Hall–Kier alpha value is -2.46. The van der Waals surface area contributed by atoms with E-state index in [1.54, 1.807) is 6.07 Å². The smallest absolute Gasteiger partial charge is 0.258 e. The van der Waals surface area contributed by atoms with Crippen LogP contribution in [0.2, 0.25) is 0 Å². The lowest BCUT2D eigenvalue weighted by Gasteiger charge is -2.19. The lowest BCUT2D eigenvalue weighted by atomic mass is 9.95. The number of rotatable bonds is 6. The van der Waals surface area contributed by atoms with E-state index in [2.05, 4.69) is 60.3 Å². The molecule has 0 fully saturated rings. The van der Waals surface area contributed by atoms with Crippen molar-refractivity contribution in [3.63, 3.8) is 0 Å². The molecule has 130 valence electrons.